The molecule has 0 atom stereocenters. The van der Waals surface area contributed by atoms with E-state index in [0.717, 1.165) is 27.0 Å². The van der Waals surface area contributed by atoms with Gasteiger partial charge >= 0.3 is 0 Å². The highest BCUT2D eigenvalue weighted by atomic mass is 32.1. The molecular formula is C19H13F2NOS2. The van der Waals surface area contributed by atoms with Crippen LogP contribution in [-0.2, 0) is 0 Å². The fourth-order valence-electron chi connectivity index (χ4n) is 2.37. The summed E-state index contributed by atoms with van der Waals surface area (Å²) in [5, 5.41) is 2.55. The molecule has 6 heteroatoms. The maximum absolute atomic E-state index is 13.7. The van der Waals surface area contributed by atoms with Crippen molar-refractivity contribution < 1.29 is 13.6 Å². The van der Waals surface area contributed by atoms with Crippen molar-refractivity contribution in [3.05, 3.63) is 77.9 Å². The molecule has 126 valence electrons. The summed E-state index contributed by atoms with van der Waals surface area (Å²) < 4.78 is 26.9. The molecule has 1 N–H and O–H groups in total. The minimum Gasteiger partial charge on any atom is -0.322 e. The zero-order valence-electron chi connectivity index (χ0n) is 12.8. The average molecular weight is 373 g/mol. The number of benzene rings is 3. The van der Waals surface area contributed by atoms with E-state index in [4.69, 9.17) is 0 Å². The van der Waals surface area contributed by atoms with Crippen molar-refractivity contribution >= 4 is 36.9 Å². The summed E-state index contributed by atoms with van der Waals surface area (Å²) in [6.45, 7) is 0. The minimum atomic E-state index is -1.16. The van der Waals surface area contributed by atoms with Gasteiger partial charge in [0.2, 0.25) is 0 Å². The van der Waals surface area contributed by atoms with Crippen LogP contribution in [0.2, 0.25) is 0 Å². The van der Waals surface area contributed by atoms with E-state index in [2.05, 4.69) is 30.6 Å². The van der Waals surface area contributed by atoms with E-state index in [1.165, 1.54) is 12.1 Å². The predicted octanol–water partition coefficient (Wildman–Crippen LogP) is 5.46. The largest absolute Gasteiger partial charge is 0.322 e. The first kappa shape index (κ1) is 17.5. The SMILES string of the molecule is O=C(Nc1ccc(-c2cc(S)ccc2S)cc1)c1cccc(F)c1F. The summed E-state index contributed by atoms with van der Waals surface area (Å²) in [6, 6.07) is 16.0. The Kier molecular flexibility index (Phi) is 5.11. The van der Waals surface area contributed by atoms with Gasteiger partial charge in [0.15, 0.2) is 11.6 Å². The van der Waals surface area contributed by atoms with Crippen molar-refractivity contribution in [2.45, 2.75) is 9.79 Å². The van der Waals surface area contributed by atoms with Gasteiger partial charge in [-0.1, -0.05) is 18.2 Å². The average Bonchev–Trinajstić information content (AvgIpc) is 2.60. The van der Waals surface area contributed by atoms with Gasteiger partial charge in [0.1, 0.15) is 0 Å². The lowest BCUT2D eigenvalue weighted by molar-refractivity contribution is 0.102. The third-order valence-electron chi connectivity index (χ3n) is 3.63. The predicted molar refractivity (Wildman–Crippen MR) is 101 cm³/mol. The molecular weight excluding hydrogens is 360 g/mol. The first-order valence-electron chi connectivity index (χ1n) is 7.33. The molecule has 3 aromatic rings. The van der Waals surface area contributed by atoms with Gasteiger partial charge in [0.05, 0.1) is 5.56 Å². The van der Waals surface area contributed by atoms with Crippen LogP contribution in [0.3, 0.4) is 0 Å². The lowest BCUT2D eigenvalue weighted by atomic mass is 10.1. The number of hydrogen-bond acceptors (Lipinski definition) is 3. The fourth-order valence-corrected chi connectivity index (χ4v) is 2.84. The summed E-state index contributed by atoms with van der Waals surface area (Å²) in [7, 11) is 0. The number of amides is 1. The molecule has 0 aliphatic carbocycles. The normalized spacial score (nSPS) is 10.6. The molecule has 0 fully saturated rings. The smallest absolute Gasteiger partial charge is 0.258 e. The Morgan fingerprint density at radius 1 is 0.920 bits per heavy atom. The number of rotatable bonds is 3. The third-order valence-corrected chi connectivity index (χ3v) is 4.30. The van der Waals surface area contributed by atoms with Crippen LogP contribution in [0.15, 0.2) is 70.5 Å². The Hall–Kier alpha value is -2.31. The Morgan fingerprint density at radius 2 is 1.64 bits per heavy atom. The van der Waals surface area contributed by atoms with Crippen LogP contribution in [0.5, 0.6) is 0 Å². The van der Waals surface area contributed by atoms with Crippen molar-refractivity contribution in [3.63, 3.8) is 0 Å². The van der Waals surface area contributed by atoms with E-state index in [9.17, 15) is 13.6 Å². The summed E-state index contributed by atoms with van der Waals surface area (Å²) in [6.07, 6.45) is 0. The van der Waals surface area contributed by atoms with Crippen LogP contribution in [0, 0.1) is 11.6 Å². The molecule has 0 bridgehead atoms. The number of halogens is 2. The van der Waals surface area contributed by atoms with Crippen molar-refractivity contribution in [2.75, 3.05) is 5.32 Å². The first-order valence-corrected chi connectivity index (χ1v) is 8.23. The second-order valence-corrected chi connectivity index (χ2v) is 6.33. The van der Waals surface area contributed by atoms with Crippen molar-refractivity contribution in [2.24, 2.45) is 0 Å². The number of hydrogen-bond donors (Lipinski definition) is 3. The summed E-state index contributed by atoms with van der Waals surface area (Å²) in [5.74, 6) is -2.94. The molecule has 0 radical (unpaired) electrons. The van der Waals surface area contributed by atoms with Crippen LogP contribution in [-0.4, -0.2) is 5.91 Å². The molecule has 25 heavy (non-hydrogen) atoms. The molecule has 0 aliphatic rings. The van der Waals surface area contributed by atoms with Crippen LogP contribution in [0.25, 0.3) is 11.1 Å². The minimum absolute atomic E-state index is 0.343. The lowest BCUT2D eigenvalue weighted by Gasteiger charge is -2.09. The zero-order valence-corrected chi connectivity index (χ0v) is 14.6. The number of nitrogens with one attached hydrogen (secondary N) is 1. The van der Waals surface area contributed by atoms with Gasteiger partial charge in [-0.3, -0.25) is 4.79 Å². The Bertz CT molecular complexity index is 943. The Morgan fingerprint density at radius 3 is 2.36 bits per heavy atom. The fraction of sp³-hybridized carbons (Fsp3) is 0. The van der Waals surface area contributed by atoms with E-state index in [1.807, 2.05) is 18.2 Å². The van der Waals surface area contributed by atoms with Gasteiger partial charge in [-0.25, -0.2) is 8.78 Å². The van der Waals surface area contributed by atoms with E-state index in [1.54, 1.807) is 24.3 Å². The van der Waals surface area contributed by atoms with Crippen LogP contribution >= 0.6 is 25.3 Å². The Labute approximate surface area is 154 Å². The molecule has 0 spiro atoms. The molecule has 0 unspecified atom stereocenters. The second kappa shape index (κ2) is 7.29. The molecule has 2 nitrogen and oxygen atoms in total. The number of carbonyl (C=O) groups is 1. The Balaban J connectivity index is 1.82. The van der Waals surface area contributed by atoms with E-state index < -0.39 is 17.5 Å². The van der Waals surface area contributed by atoms with Crippen LogP contribution < -0.4 is 5.32 Å². The lowest BCUT2D eigenvalue weighted by Crippen LogP contribution is -2.14. The molecule has 0 saturated carbocycles. The standard InChI is InChI=1S/C19H13F2NOS2/c20-16-3-1-2-14(18(16)21)19(23)22-12-6-4-11(5-7-12)15-10-13(24)8-9-17(15)25/h1-10,24-25H,(H,22,23). The topological polar surface area (TPSA) is 29.1 Å². The highest BCUT2D eigenvalue weighted by Crippen LogP contribution is 2.29. The van der Waals surface area contributed by atoms with E-state index in [-0.39, 0.29) is 5.56 Å². The van der Waals surface area contributed by atoms with E-state index >= 15 is 0 Å². The van der Waals surface area contributed by atoms with Crippen LogP contribution in [0.4, 0.5) is 14.5 Å². The van der Waals surface area contributed by atoms with Crippen molar-refractivity contribution in [1.29, 1.82) is 0 Å². The number of anilines is 1. The van der Waals surface area contributed by atoms with Crippen molar-refractivity contribution in [1.82, 2.24) is 0 Å². The molecule has 0 heterocycles. The molecule has 0 saturated heterocycles. The maximum Gasteiger partial charge on any atom is 0.258 e. The quantitative estimate of drug-likeness (QED) is 0.523. The van der Waals surface area contributed by atoms with Gasteiger partial charge in [-0.05, 0) is 53.6 Å². The summed E-state index contributed by atoms with van der Waals surface area (Å²) >= 11 is 8.74. The molecule has 3 rings (SSSR count). The first-order chi connectivity index (χ1) is 12.0. The monoisotopic (exact) mass is 373 g/mol. The second-order valence-electron chi connectivity index (χ2n) is 5.33. The molecule has 0 aromatic heterocycles. The maximum atomic E-state index is 13.7. The van der Waals surface area contributed by atoms with Gasteiger partial charge in [-0.15, -0.1) is 25.3 Å². The molecule has 0 aliphatic heterocycles. The van der Waals surface area contributed by atoms with E-state index in [0.29, 0.717) is 5.69 Å². The molecule has 1 amide bonds. The van der Waals surface area contributed by atoms with Gasteiger partial charge in [0.25, 0.3) is 5.91 Å². The van der Waals surface area contributed by atoms with Gasteiger partial charge in [-0.2, -0.15) is 0 Å². The van der Waals surface area contributed by atoms with Crippen molar-refractivity contribution in [3.8, 4) is 11.1 Å². The van der Waals surface area contributed by atoms with Gasteiger partial charge < -0.3 is 5.32 Å². The van der Waals surface area contributed by atoms with Crippen LogP contribution in [0.1, 0.15) is 10.4 Å². The summed E-state index contributed by atoms with van der Waals surface area (Å²) in [4.78, 5) is 13.7. The summed E-state index contributed by atoms with van der Waals surface area (Å²) in [5.41, 5.74) is 1.94. The highest BCUT2D eigenvalue weighted by Gasteiger charge is 2.15. The third kappa shape index (κ3) is 3.86. The highest BCUT2D eigenvalue weighted by molar-refractivity contribution is 7.80. The zero-order chi connectivity index (χ0) is 18.0. The number of thiol groups is 2. The molecule has 3 aromatic carbocycles. The number of carbonyl (C=O) groups excluding carboxylic acids is 1. The van der Waals surface area contributed by atoms with Gasteiger partial charge in [0, 0.05) is 15.5 Å².